The van der Waals surface area contributed by atoms with Crippen molar-refractivity contribution < 1.29 is 9.53 Å². The highest BCUT2D eigenvalue weighted by Crippen LogP contribution is 2.16. The molecule has 1 aromatic heterocycles. The Kier molecular flexibility index (Phi) is 3.86. The van der Waals surface area contributed by atoms with E-state index >= 15 is 0 Å². The van der Waals surface area contributed by atoms with Crippen LogP contribution in [0, 0.1) is 0 Å². The number of carbonyl (C=O) groups excluding carboxylic acids is 1. The van der Waals surface area contributed by atoms with Gasteiger partial charge in [0, 0.05) is 12.4 Å². The fourth-order valence-corrected chi connectivity index (χ4v) is 1.52. The van der Waals surface area contributed by atoms with E-state index in [4.69, 9.17) is 4.74 Å². The van der Waals surface area contributed by atoms with Crippen LogP contribution < -0.4 is 10.1 Å². The topological polar surface area (TPSA) is 64.1 Å². The maximum absolute atomic E-state index is 12.0. The van der Waals surface area contributed by atoms with Gasteiger partial charge in [0.2, 0.25) is 0 Å². The summed E-state index contributed by atoms with van der Waals surface area (Å²) in [5.41, 5.74) is 1.21. The minimum absolute atomic E-state index is 0.196. The van der Waals surface area contributed by atoms with E-state index < -0.39 is 0 Å². The van der Waals surface area contributed by atoms with Gasteiger partial charge in [0.05, 0.1) is 31.1 Å². The van der Waals surface area contributed by atoms with Crippen LogP contribution in [0.1, 0.15) is 16.1 Å². The Morgan fingerprint density at radius 2 is 2.17 bits per heavy atom. The second kappa shape index (κ2) is 5.77. The summed E-state index contributed by atoms with van der Waals surface area (Å²) in [5.74, 6) is 0.354. The number of nitrogens with one attached hydrogen (secondary N) is 1. The highest BCUT2D eigenvalue weighted by atomic mass is 16.5. The second-order valence-electron chi connectivity index (χ2n) is 3.58. The van der Waals surface area contributed by atoms with Gasteiger partial charge in [-0.05, 0) is 12.1 Å². The SMILES string of the molecule is COc1ccccc1C(=O)NCc1cnccn1. The summed E-state index contributed by atoms with van der Waals surface area (Å²) in [6.07, 6.45) is 4.79. The molecular formula is C13H13N3O2. The molecule has 5 nitrogen and oxygen atoms in total. The van der Waals surface area contributed by atoms with Crippen LogP contribution in [-0.4, -0.2) is 23.0 Å². The molecule has 0 atom stereocenters. The summed E-state index contributed by atoms with van der Waals surface area (Å²) >= 11 is 0. The molecule has 0 bridgehead atoms. The molecule has 0 saturated heterocycles. The number of benzene rings is 1. The third-order valence-corrected chi connectivity index (χ3v) is 2.40. The molecule has 0 aliphatic rings. The summed E-state index contributed by atoms with van der Waals surface area (Å²) in [6, 6.07) is 7.07. The van der Waals surface area contributed by atoms with Crippen LogP contribution in [0.4, 0.5) is 0 Å². The number of methoxy groups -OCH3 is 1. The van der Waals surface area contributed by atoms with Gasteiger partial charge in [-0.1, -0.05) is 12.1 Å². The largest absolute Gasteiger partial charge is 0.496 e. The number of ether oxygens (including phenoxy) is 1. The van der Waals surface area contributed by atoms with Crippen molar-refractivity contribution >= 4 is 5.91 Å². The molecule has 0 aliphatic carbocycles. The first-order chi connectivity index (χ1) is 8.81. The van der Waals surface area contributed by atoms with Gasteiger partial charge in [0.1, 0.15) is 5.75 Å². The van der Waals surface area contributed by atoms with Crippen molar-refractivity contribution in [2.45, 2.75) is 6.54 Å². The zero-order valence-electron chi connectivity index (χ0n) is 9.96. The van der Waals surface area contributed by atoms with E-state index in [2.05, 4.69) is 15.3 Å². The quantitative estimate of drug-likeness (QED) is 0.882. The van der Waals surface area contributed by atoms with Gasteiger partial charge in [-0.25, -0.2) is 0 Å². The van der Waals surface area contributed by atoms with Gasteiger partial charge < -0.3 is 10.1 Å². The zero-order chi connectivity index (χ0) is 12.8. The Labute approximate surface area is 105 Å². The summed E-state index contributed by atoms with van der Waals surface area (Å²) in [7, 11) is 1.54. The lowest BCUT2D eigenvalue weighted by molar-refractivity contribution is 0.0947. The fourth-order valence-electron chi connectivity index (χ4n) is 1.52. The molecule has 2 aromatic rings. The monoisotopic (exact) mass is 243 g/mol. The molecule has 0 radical (unpaired) electrons. The molecule has 1 N–H and O–H groups in total. The average molecular weight is 243 g/mol. The first-order valence-corrected chi connectivity index (χ1v) is 5.47. The molecule has 0 fully saturated rings. The standard InChI is InChI=1S/C13H13N3O2/c1-18-12-5-3-2-4-11(12)13(17)16-9-10-8-14-6-7-15-10/h2-8H,9H2,1H3,(H,16,17). The average Bonchev–Trinajstić information content (AvgIpc) is 2.45. The van der Waals surface area contributed by atoms with Gasteiger partial charge in [-0.15, -0.1) is 0 Å². The predicted molar refractivity (Wildman–Crippen MR) is 66.2 cm³/mol. The van der Waals surface area contributed by atoms with Crippen molar-refractivity contribution in [3.8, 4) is 5.75 Å². The Morgan fingerprint density at radius 3 is 2.89 bits per heavy atom. The van der Waals surface area contributed by atoms with Crippen LogP contribution in [-0.2, 0) is 6.54 Å². The molecule has 18 heavy (non-hydrogen) atoms. The van der Waals surface area contributed by atoms with Crippen LogP contribution in [0.2, 0.25) is 0 Å². The van der Waals surface area contributed by atoms with E-state index in [9.17, 15) is 4.79 Å². The number of aromatic nitrogens is 2. The number of amides is 1. The summed E-state index contributed by atoms with van der Waals surface area (Å²) < 4.78 is 5.13. The minimum atomic E-state index is -0.196. The zero-order valence-corrected chi connectivity index (χ0v) is 9.96. The van der Waals surface area contributed by atoms with Crippen molar-refractivity contribution in [1.29, 1.82) is 0 Å². The Hall–Kier alpha value is -2.43. The maximum Gasteiger partial charge on any atom is 0.255 e. The van der Waals surface area contributed by atoms with E-state index in [0.717, 1.165) is 0 Å². The number of carbonyl (C=O) groups is 1. The van der Waals surface area contributed by atoms with E-state index in [1.807, 2.05) is 6.07 Å². The van der Waals surface area contributed by atoms with Gasteiger partial charge in [0.15, 0.2) is 0 Å². The molecule has 92 valence electrons. The van der Waals surface area contributed by atoms with Gasteiger partial charge in [0.25, 0.3) is 5.91 Å². The lowest BCUT2D eigenvalue weighted by Crippen LogP contribution is -2.23. The molecule has 0 spiro atoms. The lowest BCUT2D eigenvalue weighted by atomic mass is 10.2. The van der Waals surface area contributed by atoms with Crippen molar-refractivity contribution in [3.63, 3.8) is 0 Å². The first kappa shape index (κ1) is 12.0. The molecular weight excluding hydrogens is 230 g/mol. The molecule has 0 saturated carbocycles. The van der Waals surface area contributed by atoms with Crippen LogP contribution in [0.3, 0.4) is 0 Å². The predicted octanol–water partition coefficient (Wildman–Crippen LogP) is 1.42. The summed E-state index contributed by atoms with van der Waals surface area (Å²) in [5, 5.41) is 2.77. The van der Waals surface area contributed by atoms with Gasteiger partial charge >= 0.3 is 0 Å². The molecule has 0 aliphatic heterocycles. The van der Waals surface area contributed by atoms with E-state index in [-0.39, 0.29) is 5.91 Å². The van der Waals surface area contributed by atoms with Crippen molar-refractivity contribution in [1.82, 2.24) is 15.3 Å². The van der Waals surface area contributed by atoms with Crippen LogP contribution in [0.15, 0.2) is 42.9 Å². The minimum Gasteiger partial charge on any atom is -0.496 e. The summed E-state index contributed by atoms with van der Waals surface area (Å²) in [6.45, 7) is 0.338. The molecule has 1 amide bonds. The Balaban J connectivity index is 2.04. The third-order valence-electron chi connectivity index (χ3n) is 2.40. The maximum atomic E-state index is 12.0. The number of rotatable bonds is 4. The third kappa shape index (κ3) is 2.82. The number of para-hydroxylation sites is 1. The highest BCUT2D eigenvalue weighted by Gasteiger charge is 2.10. The van der Waals surface area contributed by atoms with Crippen LogP contribution >= 0.6 is 0 Å². The van der Waals surface area contributed by atoms with Gasteiger partial charge in [-0.3, -0.25) is 14.8 Å². The Bertz CT molecular complexity index is 529. The normalized spacial score (nSPS) is 9.83. The van der Waals surface area contributed by atoms with Crippen LogP contribution in [0.25, 0.3) is 0 Å². The second-order valence-corrected chi connectivity index (χ2v) is 3.58. The lowest BCUT2D eigenvalue weighted by Gasteiger charge is -2.08. The van der Waals surface area contributed by atoms with Crippen molar-refractivity contribution in [2.75, 3.05) is 7.11 Å². The van der Waals surface area contributed by atoms with Crippen LogP contribution in [0.5, 0.6) is 5.75 Å². The number of hydrogen-bond donors (Lipinski definition) is 1. The first-order valence-electron chi connectivity index (χ1n) is 5.47. The molecule has 0 unspecified atom stereocenters. The molecule has 1 heterocycles. The highest BCUT2D eigenvalue weighted by molar-refractivity contribution is 5.96. The molecule has 5 heteroatoms. The van der Waals surface area contributed by atoms with E-state index in [1.54, 1.807) is 36.8 Å². The summed E-state index contributed by atoms with van der Waals surface area (Å²) in [4.78, 5) is 20.0. The smallest absolute Gasteiger partial charge is 0.255 e. The van der Waals surface area contributed by atoms with Crippen molar-refractivity contribution in [3.05, 3.63) is 54.1 Å². The molecule has 1 aromatic carbocycles. The van der Waals surface area contributed by atoms with Crippen molar-refractivity contribution in [2.24, 2.45) is 0 Å². The van der Waals surface area contributed by atoms with E-state index in [1.165, 1.54) is 7.11 Å². The molecule has 2 rings (SSSR count). The van der Waals surface area contributed by atoms with E-state index in [0.29, 0.717) is 23.6 Å². The number of nitrogens with zero attached hydrogens (tertiary/aromatic N) is 2. The fraction of sp³-hybridized carbons (Fsp3) is 0.154. The Morgan fingerprint density at radius 1 is 1.33 bits per heavy atom. The van der Waals surface area contributed by atoms with Gasteiger partial charge in [-0.2, -0.15) is 0 Å². The number of hydrogen-bond acceptors (Lipinski definition) is 4.